The number of nitriles is 1. The van der Waals surface area contributed by atoms with Crippen molar-refractivity contribution >= 4 is 17.6 Å². The highest BCUT2D eigenvalue weighted by molar-refractivity contribution is 7.99. The summed E-state index contributed by atoms with van der Waals surface area (Å²) in [5, 5.41) is 8.49. The Hall–Kier alpha value is -1.32. The normalized spacial score (nSPS) is 16.0. The SMILES string of the molecule is Cc1cc(N2CCN(CCCSCC#N)CC2)nc(C)n1. The highest BCUT2D eigenvalue weighted by Gasteiger charge is 2.18. The fourth-order valence-electron chi connectivity index (χ4n) is 2.57. The molecule has 0 bridgehead atoms. The zero-order valence-electron chi connectivity index (χ0n) is 12.9. The van der Waals surface area contributed by atoms with E-state index in [2.05, 4.69) is 31.9 Å². The van der Waals surface area contributed by atoms with Crippen molar-refractivity contribution in [2.24, 2.45) is 0 Å². The van der Waals surface area contributed by atoms with E-state index in [9.17, 15) is 0 Å². The molecule has 5 nitrogen and oxygen atoms in total. The molecule has 2 rings (SSSR count). The van der Waals surface area contributed by atoms with Crippen LogP contribution >= 0.6 is 11.8 Å². The van der Waals surface area contributed by atoms with E-state index in [-0.39, 0.29) is 0 Å². The smallest absolute Gasteiger partial charge is 0.132 e. The quantitative estimate of drug-likeness (QED) is 0.748. The zero-order valence-corrected chi connectivity index (χ0v) is 13.7. The Labute approximate surface area is 131 Å². The van der Waals surface area contributed by atoms with Crippen LogP contribution in [0.25, 0.3) is 0 Å². The molecule has 1 aromatic rings. The van der Waals surface area contributed by atoms with Gasteiger partial charge in [-0.2, -0.15) is 5.26 Å². The Bertz CT molecular complexity index is 471. The summed E-state index contributed by atoms with van der Waals surface area (Å²) < 4.78 is 0. The molecule has 21 heavy (non-hydrogen) atoms. The third-order valence-electron chi connectivity index (χ3n) is 3.58. The number of aromatic nitrogens is 2. The van der Waals surface area contributed by atoms with E-state index in [4.69, 9.17) is 5.26 Å². The van der Waals surface area contributed by atoms with E-state index >= 15 is 0 Å². The van der Waals surface area contributed by atoms with Crippen LogP contribution in [0.15, 0.2) is 6.07 Å². The Morgan fingerprint density at radius 1 is 1.24 bits per heavy atom. The molecular formula is C15H23N5S. The summed E-state index contributed by atoms with van der Waals surface area (Å²) in [4.78, 5) is 13.7. The number of hydrogen-bond acceptors (Lipinski definition) is 6. The van der Waals surface area contributed by atoms with Crippen molar-refractivity contribution in [1.82, 2.24) is 14.9 Å². The van der Waals surface area contributed by atoms with E-state index in [1.165, 1.54) is 0 Å². The van der Waals surface area contributed by atoms with Gasteiger partial charge in [0.25, 0.3) is 0 Å². The van der Waals surface area contributed by atoms with E-state index in [1.54, 1.807) is 11.8 Å². The zero-order chi connectivity index (χ0) is 15.1. The molecule has 0 aromatic carbocycles. The molecule has 0 unspecified atom stereocenters. The van der Waals surface area contributed by atoms with Gasteiger partial charge in [-0.15, -0.1) is 11.8 Å². The standard InChI is InChI=1S/C15H23N5S/c1-13-12-15(18-14(2)17-13)20-8-6-19(7-9-20)5-3-10-21-11-4-16/h12H,3,5-11H2,1-2H3. The van der Waals surface area contributed by atoms with Crippen LogP contribution in [0.3, 0.4) is 0 Å². The van der Waals surface area contributed by atoms with Gasteiger partial charge in [0.15, 0.2) is 0 Å². The molecular weight excluding hydrogens is 282 g/mol. The number of thioether (sulfide) groups is 1. The van der Waals surface area contributed by atoms with Gasteiger partial charge in [-0.1, -0.05) is 0 Å². The molecule has 114 valence electrons. The molecule has 0 aliphatic carbocycles. The van der Waals surface area contributed by atoms with E-state index in [1.807, 2.05) is 13.8 Å². The van der Waals surface area contributed by atoms with Crippen molar-refractivity contribution in [3.05, 3.63) is 17.6 Å². The molecule has 0 radical (unpaired) electrons. The van der Waals surface area contributed by atoms with Crippen LogP contribution < -0.4 is 4.90 Å². The number of nitrogens with zero attached hydrogens (tertiary/aromatic N) is 5. The van der Waals surface area contributed by atoms with Crippen LogP contribution in [0.2, 0.25) is 0 Å². The van der Waals surface area contributed by atoms with E-state index < -0.39 is 0 Å². The molecule has 2 heterocycles. The first-order valence-electron chi connectivity index (χ1n) is 7.43. The van der Waals surface area contributed by atoms with Crippen LogP contribution in [0.4, 0.5) is 5.82 Å². The first-order valence-corrected chi connectivity index (χ1v) is 8.59. The molecule has 0 saturated carbocycles. The number of rotatable bonds is 6. The summed E-state index contributed by atoms with van der Waals surface area (Å²) in [6.07, 6.45) is 1.16. The van der Waals surface area contributed by atoms with E-state index in [0.717, 1.165) is 62.2 Å². The van der Waals surface area contributed by atoms with Crippen molar-refractivity contribution in [2.45, 2.75) is 20.3 Å². The minimum atomic E-state index is 0.611. The highest BCUT2D eigenvalue weighted by atomic mass is 32.2. The van der Waals surface area contributed by atoms with Crippen molar-refractivity contribution in [3.63, 3.8) is 0 Å². The second-order valence-electron chi connectivity index (χ2n) is 5.31. The molecule has 0 spiro atoms. The predicted molar refractivity (Wildman–Crippen MR) is 87.7 cm³/mol. The van der Waals surface area contributed by atoms with Crippen molar-refractivity contribution in [3.8, 4) is 6.07 Å². The average molecular weight is 305 g/mol. The Morgan fingerprint density at radius 3 is 2.67 bits per heavy atom. The van der Waals surface area contributed by atoms with Crippen LogP contribution in [0.5, 0.6) is 0 Å². The van der Waals surface area contributed by atoms with Gasteiger partial charge in [0, 0.05) is 37.9 Å². The summed E-state index contributed by atoms with van der Waals surface area (Å²) >= 11 is 1.73. The predicted octanol–water partition coefficient (Wildman–Crippen LogP) is 1.86. The molecule has 0 amide bonds. The monoisotopic (exact) mass is 305 g/mol. The van der Waals surface area contributed by atoms with Crippen LogP contribution in [0.1, 0.15) is 17.9 Å². The van der Waals surface area contributed by atoms with Gasteiger partial charge in [0.1, 0.15) is 11.6 Å². The largest absolute Gasteiger partial charge is 0.354 e. The lowest BCUT2D eigenvalue weighted by atomic mass is 10.3. The molecule has 1 aliphatic heterocycles. The van der Waals surface area contributed by atoms with Crippen LogP contribution in [-0.4, -0.2) is 59.1 Å². The van der Waals surface area contributed by atoms with Crippen LogP contribution in [0, 0.1) is 25.2 Å². The Balaban J connectivity index is 1.74. The van der Waals surface area contributed by atoms with E-state index in [0.29, 0.717) is 5.75 Å². The molecule has 0 atom stereocenters. The van der Waals surface area contributed by atoms with Gasteiger partial charge in [-0.25, -0.2) is 9.97 Å². The number of anilines is 1. The summed E-state index contributed by atoms with van der Waals surface area (Å²) in [5.74, 6) is 3.60. The lowest BCUT2D eigenvalue weighted by molar-refractivity contribution is 0.258. The van der Waals surface area contributed by atoms with Crippen molar-refractivity contribution in [2.75, 3.05) is 49.1 Å². The molecule has 1 fully saturated rings. The molecule has 0 N–H and O–H groups in total. The number of aryl methyl sites for hydroxylation is 2. The lowest BCUT2D eigenvalue weighted by Crippen LogP contribution is -2.47. The lowest BCUT2D eigenvalue weighted by Gasteiger charge is -2.35. The molecule has 6 heteroatoms. The summed E-state index contributed by atoms with van der Waals surface area (Å²) in [6.45, 7) is 9.34. The molecule has 1 saturated heterocycles. The van der Waals surface area contributed by atoms with Gasteiger partial charge >= 0.3 is 0 Å². The first-order chi connectivity index (χ1) is 10.2. The first kappa shape index (κ1) is 16.1. The second kappa shape index (κ2) is 8.20. The number of hydrogen-bond donors (Lipinski definition) is 0. The van der Waals surface area contributed by atoms with Crippen LogP contribution in [-0.2, 0) is 0 Å². The fraction of sp³-hybridized carbons (Fsp3) is 0.667. The maximum Gasteiger partial charge on any atom is 0.132 e. The van der Waals surface area contributed by atoms with Crippen molar-refractivity contribution < 1.29 is 0 Å². The Morgan fingerprint density at radius 2 is 2.00 bits per heavy atom. The minimum absolute atomic E-state index is 0.611. The highest BCUT2D eigenvalue weighted by Crippen LogP contribution is 2.15. The van der Waals surface area contributed by atoms with Gasteiger partial charge < -0.3 is 4.90 Å². The fourth-order valence-corrected chi connectivity index (χ4v) is 3.14. The van der Waals surface area contributed by atoms with Gasteiger partial charge in [0.2, 0.25) is 0 Å². The Kier molecular flexibility index (Phi) is 6.27. The van der Waals surface area contributed by atoms with Gasteiger partial charge in [-0.3, -0.25) is 4.90 Å². The average Bonchev–Trinajstić information content (AvgIpc) is 2.47. The van der Waals surface area contributed by atoms with Gasteiger partial charge in [-0.05, 0) is 32.6 Å². The topological polar surface area (TPSA) is 56.0 Å². The minimum Gasteiger partial charge on any atom is -0.354 e. The van der Waals surface area contributed by atoms with Crippen molar-refractivity contribution in [1.29, 1.82) is 5.26 Å². The molecule has 1 aromatic heterocycles. The molecule has 1 aliphatic rings. The number of piperazine rings is 1. The maximum atomic E-state index is 8.49. The summed E-state index contributed by atoms with van der Waals surface area (Å²) in [5.41, 5.74) is 1.04. The second-order valence-corrected chi connectivity index (χ2v) is 6.41. The maximum absolute atomic E-state index is 8.49. The summed E-state index contributed by atoms with van der Waals surface area (Å²) in [7, 11) is 0. The van der Waals surface area contributed by atoms with Gasteiger partial charge in [0.05, 0.1) is 11.8 Å². The third-order valence-corrected chi connectivity index (χ3v) is 4.49. The summed E-state index contributed by atoms with van der Waals surface area (Å²) in [6, 6.07) is 4.24. The third kappa shape index (κ3) is 5.18.